The van der Waals surface area contributed by atoms with Crippen molar-refractivity contribution < 1.29 is 4.74 Å². The van der Waals surface area contributed by atoms with Crippen LogP contribution in [0.2, 0.25) is 0 Å². The van der Waals surface area contributed by atoms with Gasteiger partial charge in [-0.2, -0.15) is 0 Å². The lowest BCUT2D eigenvalue weighted by Gasteiger charge is -2.10. The van der Waals surface area contributed by atoms with Gasteiger partial charge in [0.25, 0.3) is 5.23 Å². The van der Waals surface area contributed by atoms with Crippen molar-refractivity contribution in [3.8, 4) is 0 Å². The molecule has 0 aliphatic heterocycles. The molecule has 3 rings (SSSR count). The topological polar surface area (TPSA) is 34.5 Å². The van der Waals surface area contributed by atoms with Gasteiger partial charge in [0, 0.05) is 16.5 Å². The second-order valence-electron chi connectivity index (χ2n) is 5.13. The highest BCUT2D eigenvalue weighted by atomic mass is 32.2. The number of aromatic nitrogens is 1. The number of hydrogen-bond acceptors (Lipinski definition) is 4. The fourth-order valence-electron chi connectivity index (χ4n) is 2.51. The second kappa shape index (κ2) is 6.84. The Morgan fingerprint density at radius 1 is 1.22 bits per heavy atom. The van der Waals surface area contributed by atoms with Gasteiger partial charge in [-0.3, -0.25) is 0 Å². The lowest BCUT2D eigenvalue weighted by molar-refractivity contribution is 0.416. The Labute approximate surface area is 140 Å². The van der Waals surface area contributed by atoms with Crippen LogP contribution < -0.4 is 0 Å². The summed E-state index contributed by atoms with van der Waals surface area (Å²) in [6.07, 6.45) is 1.84. The molecule has 3 aromatic rings. The molecule has 0 saturated heterocycles. The molecule has 3 nitrogen and oxygen atoms in total. The minimum atomic E-state index is 0.629. The largest absolute Gasteiger partial charge is 0.476 e. The third kappa shape index (κ3) is 3.08. The van der Waals surface area contributed by atoms with E-state index in [1.54, 1.807) is 7.11 Å². The Balaban J connectivity index is 2.32. The second-order valence-corrected chi connectivity index (χ2v) is 6.10. The van der Waals surface area contributed by atoms with Crippen molar-refractivity contribution in [2.24, 2.45) is 4.99 Å². The molecule has 0 N–H and O–H groups in total. The predicted octanol–water partition coefficient (Wildman–Crippen LogP) is 5.25. The van der Waals surface area contributed by atoms with E-state index in [-0.39, 0.29) is 0 Å². The number of benzene rings is 2. The molecular weight excluding hydrogens is 304 g/mol. The monoisotopic (exact) mass is 322 g/mol. The first-order valence-electron chi connectivity index (χ1n) is 7.39. The molecule has 0 bridgehead atoms. The molecule has 0 aliphatic carbocycles. The normalized spacial score (nSPS) is 11.8. The average molecular weight is 322 g/mol. The summed E-state index contributed by atoms with van der Waals surface area (Å²) < 4.78 is 5.43. The van der Waals surface area contributed by atoms with Crippen LogP contribution in [-0.2, 0) is 4.74 Å². The van der Waals surface area contributed by atoms with E-state index in [1.807, 2.05) is 36.4 Å². The van der Waals surface area contributed by atoms with Gasteiger partial charge in [0.15, 0.2) is 0 Å². The number of hydrogen-bond donors (Lipinski definition) is 0. The highest BCUT2D eigenvalue weighted by Crippen LogP contribution is 2.35. The third-order valence-electron chi connectivity index (χ3n) is 3.59. The number of nitrogens with zero attached hydrogens (tertiary/aromatic N) is 2. The Kier molecular flexibility index (Phi) is 4.63. The highest BCUT2D eigenvalue weighted by molar-refractivity contribution is 8.13. The van der Waals surface area contributed by atoms with Gasteiger partial charge in [-0.15, -0.1) is 6.58 Å². The number of thioether (sulfide) groups is 1. The van der Waals surface area contributed by atoms with Gasteiger partial charge in [-0.05, 0) is 18.6 Å². The van der Waals surface area contributed by atoms with Crippen LogP contribution in [0.1, 0.15) is 5.56 Å². The summed E-state index contributed by atoms with van der Waals surface area (Å²) in [4.78, 5) is 9.58. The molecule has 23 heavy (non-hydrogen) atoms. The number of para-hydroxylation sites is 2. The molecule has 2 aromatic carbocycles. The molecular formula is C19H18N2OS. The molecule has 0 amide bonds. The van der Waals surface area contributed by atoms with Gasteiger partial charge >= 0.3 is 0 Å². The van der Waals surface area contributed by atoms with Crippen molar-refractivity contribution in [3.63, 3.8) is 0 Å². The van der Waals surface area contributed by atoms with Crippen molar-refractivity contribution in [2.75, 3.05) is 12.9 Å². The van der Waals surface area contributed by atoms with Gasteiger partial charge in [-0.25, -0.2) is 9.98 Å². The van der Waals surface area contributed by atoms with Crippen LogP contribution in [0.4, 0.5) is 5.69 Å². The van der Waals surface area contributed by atoms with E-state index in [0.717, 1.165) is 38.8 Å². The van der Waals surface area contributed by atoms with E-state index in [9.17, 15) is 0 Å². The average Bonchev–Trinajstić information content (AvgIpc) is 2.58. The quantitative estimate of drug-likeness (QED) is 0.286. The zero-order valence-corrected chi connectivity index (χ0v) is 14.1. The third-order valence-corrected chi connectivity index (χ3v) is 4.49. The number of rotatable bonds is 3. The lowest BCUT2D eigenvalue weighted by atomic mass is 10.1. The van der Waals surface area contributed by atoms with Gasteiger partial charge in [0.2, 0.25) is 0 Å². The maximum Gasteiger partial charge on any atom is 0.251 e. The molecule has 0 saturated carbocycles. The number of methoxy groups -OCH3 is 1. The Morgan fingerprint density at radius 2 is 2.00 bits per heavy atom. The van der Waals surface area contributed by atoms with E-state index < -0.39 is 0 Å². The first kappa shape index (κ1) is 15.6. The zero-order valence-electron chi connectivity index (χ0n) is 13.2. The van der Waals surface area contributed by atoms with Crippen LogP contribution in [0.15, 0.2) is 60.1 Å². The molecule has 1 heterocycles. The first-order chi connectivity index (χ1) is 11.2. The summed E-state index contributed by atoms with van der Waals surface area (Å²) in [6.45, 7) is 5.81. The van der Waals surface area contributed by atoms with Crippen LogP contribution >= 0.6 is 11.8 Å². The van der Waals surface area contributed by atoms with Crippen molar-refractivity contribution in [1.82, 2.24) is 4.98 Å². The summed E-state index contributed by atoms with van der Waals surface area (Å²) in [5.74, 6) is 0.757. The molecule has 0 atom stereocenters. The van der Waals surface area contributed by atoms with Crippen LogP contribution in [0.3, 0.4) is 0 Å². The van der Waals surface area contributed by atoms with Crippen LogP contribution in [0, 0.1) is 6.92 Å². The van der Waals surface area contributed by atoms with E-state index in [4.69, 9.17) is 14.7 Å². The van der Waals surface area contributed by atoms with E-state index in [2.05, 4.69) is 25.6 Å². The van der Waals surface area contributed by atoms with Gasteiger partial charge in [-0.1, -0.05) is 54.2 Å². The molecule has 0 aliphatic rings. The number of pyridine rings is 1. The highest BCUT2D eigenvalue weighted by Gasteiger charge is 2.11. The Hall–Kier alpha value is -2.33. The molecule has 1 aromatic heterocycles. The standard InChI is InChI=1S/C19H18N2OS/c1-4-12-23-19(22-3)21-18-14-9-5-6-11-16(14)20-17-13(2)8-7-10-15(17)18/h4-11H,1,12H2,2-3H3. The van der Waals surface area contributed by atoms with Crippen molar-refractivity contribution in [3.05, 3.63) is 60.7 Å². The number of aliphatic imine (C=N–C) groups is 1. The number of aryl methyl sites for hydroxylation is 1. The van der Waals surface area contributed by atoms with Crippen LogP contribution in [0.5, 0.6) is 0 Å². The fraction of sp³-hybridized carbons (Fsp3) is 0.158. The summed E-state index contributed by atoms with van der Waals surface area (Å²) in [7, 11) is 1.64. The Morgan fingerprint density at radius 3 is 2.78 bits per heavy atom. The number of fused-ring (bicyclic) bond motifs is 2. The van der Waals surface area contributed by atoms with Crippen molar-refractivity contribution >= 4 is 44.5 Å². The SMILES string of the molecule is C=CCSC(=Nc1c2ccccc2nc2c(C)cccc12)OC. The summed E-state index contributed by atoms with van der Waals surface area (Å²) in [6, 6.07) is 14.2. The first-order valence-corrected chi connectivity index (χ1v) is 8.37. The zero-order chi connectivity index (χ0) is 16.2. The maximum atomic E-state index is 5.43. The minimum Gasteiger partial charge on any atom is -0.476 e. The predicted molar refractivity (Wildman–Crippen MR) is 101 cm³/mol. The van der Waals surface area contributed by atoms with Gasteiger partial charge in [0.1, 0.15) is 0 Å². The molecule has 4 heteroatoms. The maximum absolute atomic E-state index is 5.43. The molecule has 0 unspecified atom stereocenters. The lowest BCUT2D eigenvalue weighted by Crippen LogP contribution is -1.96. The minimum absolute atomic E-state index is 0.629. The Bertz CT molecular complexity index is 902. The molecule has 0 spiro atoms. The van der Waals surface area contributed by atoms with Crippen molar-refractivity contribution in [2.45, 2.75) is 6.92 Å². The van der Waals surface area contributed by atoms with Crippen LogP contribution in [0.25, 0.3) is 21.8 Å². The van der Waals surface area contributed by atoms with Gasteiger partial charge < -0.3 is 4.74 Å². The van der Waals surface area contributed by atoms with Crippen molar-refractivity contribution in [1.29, 1.82) is 0 Å². The summed E-state index contributed by atoms with van der Waals surface area (Å²) >= 11 is 1.53. The fourth-order valence-corrected chi connectivity index (χ4v) is 3.05. The summed E-state index contributed by atoms with van der Waals surface area (Å²) in [5.41, 5.74) is 3.97. The smallest absolute Gasteiger partial charge is 0.251 e. The van der Waals surface area contributed by atoms with E-state index >= 15 is 0 Å². The summed E-state index contributed by atoms with van der Waals surface area (Å²) in [5, 5.41) is 2.70. The molecule has 0 fully saturated rings. The molecule has 116 valence electrons. The van der Waals surface area contributed by atoms with Crippen LogP contribution in [-0.4, -0.2) is 23.1 Å². The van der Waals surface area contributed by atoms with E-state index in [1.165, 1.54) is 11.8 Å². The molecule has 0 radical (unpaired) electrons. The van der Waals surface area contributed by atoms with E-state index in [0.29, 0.717) is 5.23 Å². The number of ether oxygens (including phenoxy) is 1. The van der Waals surface area contributed by atoms with Gasteiger partial charge in [0.05, 0.1) is 23.8 Å².